The van der Waals surface area contributed by atoms with Crippen molar-refractivity contribution in [3.63, 3.8) is 0 Å². The van der Waals surface area contributed by atoms with Crippen LogP contribution in [0, 0.1) is 0 Å². The molecule has 1 saturated carbocycles. The topological polar surface area (TPSA) is 89.3 Å². The van der Waals surface area contributed by atoms with Crippen molar-refractivity contribution in [3.8, 4) is 0 Å². The van der Waals surface area contributed by atoms with Gasteiger partial charge in [0.25, 0.3) is 0 Å². The summed E-state index contributed by atoms with van der Waals surface area (Å²) in [5.41, 5.74) is 5.31. The van der Waals surface area contributed by atoms with Crippen molar-refractivity contribution in [2.75, 3.05) is 18.1 Å². The Balaban J connectivity index is 2.29. The lowest BCUT2D eigenvalue weighted by Gasteiger charge is -2.22. The van der Waals surface area contributed by atoms with E-state index in [1.807, 2.05) is 0 Å². The Kier molecular flexibility index (Phi) is 6.63. The molecule has 0 aromatic carbocycles. The van der Waals surface area contributed by atoms with Crippen LogP contribution in [-0.2, 0) is 14.6 Å². The summed E-state index contributed by atoms with van der Waals surface area (Å²) in [4.78, 5) is 11.6. The maximum Gasteiger partial charge on any atom is 0.235 e. The molecule has 0 spiro atoms. The first kappa shape index (κ1) is 15.4. The molecular formula is C12H24N2O3S. The number of sulfone groups is 1. The number of hydrogen-bond donors (Lipinski definition) is 2. The number of rotatable bonds is 7. The standard InChI is InChI=1S/C12H24N2O3S/c13-8-4-5-9-18(16,17)10-12(15)14-11-6-2-1-3-7-11/h11H,1-10,13H2,(H,14,15). The van der Waals surface area contributed by atoms with Crippen LogP contribution in [0.2, 0.25) is 0 Å². The maximum atomic E-state index is 11.7. The lowest BCUT2D eigenvalue weighted by Crippen LogP contribution is -2.39. The molecule has 0 unspecified atom stereocenters. The quantitative estimate of drug-likeness (QED) is 0.666. The van der Waals surface area contributed by atoms with Crippen LogP contribution in [0.1, 0.15) is 44.9 Å². The molecule has 0 heterocycles. The highest BCUT2D eigenvalue weighted by Crippen LogP contribution is 2.17. The second-order valence-electron chi connectivity index (χ2n) is 4.99. The largest absolute Gasteiger partial charge is 0.352 e. The first-order valence-electron chi connectivity index (χ1n) is 6.73. The minimum atomic E-state index is -3.27. The van der Waals surface area contributed by atoms with Crippen LogP contribution >= 0.6 is 0 Å². The zero-order valence-corrected chi connectivity index (χ0v) is 11.7. The van der Waals surface area contributed by atoms with Crippen molar-refractivity contribution in [1.29, 1.82) is 0 Å². The molecule has 1 rings (SSSR count). The summed E-state index contributed by atoms with van der Waals surface area (Å²) < 4.78 is 23.3. The van der Waals surface area contributed by atoms with Gasteiger partial charge in [0.15, 0.2) is 9.84 Å². The van der Waals surface area contributed by atoms with Crippen molar-refractivity contribution in [3.05, 3.63) is 0 Å². The zero-order valence-electron chi connectivity index (χ0n) is 10.9. The van der Waals surface area contributed by atoms with E-state index in [1.165, 1.54) is 6.42 Å². The molecule has 0 aliphatic heterocycles. The number of carbonyl (C=O) groups is 1. The van der Waals surface area contributed by atoms with E-state index >= 15 is 0 Å². The average Bonchev–Trinajstić information content (AvgIpc) is 2.29. The summed E-state index contributed by atoms with van der Waals surface area (Å²) >= 11 is 0. The second kappa shape index (κ2) is 7.74. The molecule has 0 bridgehead atoms. The van der Waals surface area contributed by atoms with Crippen molar-refractivity contribution in [1.82, 2.24) is 5.32 Å². The summed E-state index contributed by atoms with van der Waals surface area (Å²) in [6.45, 7) is 0.490. The van der Waals surface area contributed by atoms with Crippen molar-refractivity contribution >= 4 is 15.7 Å². The number of amides is 1. The molecule has 18 heavy (non-hydrogen) atoms. The van der Waals surface area contributed by atoms with Crippen molar-refractivity contribution < 1.29 is 13.2 Å². The van der Waals surface area contributed by atoms with Gasteiger partial charge in [0.2, 0.25) is 5.91 Å². The molecule has 6 heteroatoms. The Morgan fingerprint density at radius 3 is 2.44 bits per heavy atom. The number of nitrogens with two attached hydrogens (primary N) is 1. The first-order valence-corrected chi connectivity index (χ1v) is 8.55. The van der Waals surface area contributed by atoms with E-state index < -0.39 is 9.84 Å². The van der Waals surface area contributed by atoms with E-state index in [9.17, 15) is 13.2 Å². The van der Waals surface area contributed by atoms with E-state index in [4.69, 9.17) is 5.73 Å². The summed E-state index contributed by atoms with van der Waals surface area (Å²) in [6, 6.07) is 0.172. The van der Waals surface area contributed by atoms with Crippen LogP contribution < -0.4 is 11.1 Å². The molecule has 0 aromatic rings. The van der Waals surface area contributed by atoms with Gasteiger partial charge in [0.05, 0.1) is 5.75 Å². The minimum absolute atomic E-state index is 0.0578. The molecule has 1 amide bonds. The third-order valence-corrected chi connectivity index (χ3v) is 4.84. The van der Waals surface area contributed by atoms with Gasteiger partial charge >= 0.3 is 0 Å². The van der Waals surface area contributed by atoms with E-state index in [-0.39, 0.29) is 23.5 Å². The van der Waals surface area contributed by atoms with Crippen molar-refractivity contribution in [2.24, 2.45) is 5.73 Å². The SMILES string of the molecule is NCCCCS(=O)(=O)CC(=O)NC1CCCCC1. The molecule has 1 aliphatic rings. The Morgan fingerprint density at radius 1 is 1.17 bits per heavy atom. The molecule has 0 atom stereocenters. The second-order valence-corrected chi connectivity index (χ2v) is 7.17. The Hall–Kier alpha value is -0.620. The normalized spacial score (nSPS) is 17.6. The lowest BCUT2D eigenvalue weighted by molar-refractivity contribution is -0.119. The minimum Gasteiger partial charge on any atom is -0.352 e. The fourth-order valence-electron chi connectivity index (χ4n) is 2.25. The molecule has 3 N–H and O–H groups in total. The highest BCUT2D eigenvalue weighted by molar-refractivity contribution is 7.92. The Bertz CT molecular complexity index is 348. The average molecular weight is 276 g/mol. The first-order chi connectivity index (χ1) is 8.53. The molecule has 0 aromatic heterocycles. The molecular weight excluding hydrogens is 252 g/mol. The molecule has 1 fully saturated rings. The monoisotopic (exact) mass is 276 g/mol. The van der Waals surface area contributed by atoms with Gasteiger partial charge in [-0.3, -0.25) is 4.79 Å². The van der Waals surface area contributed by atoms with Gasteiger partial charge in [-0.25, -0.2) is 8.42 Å². The third-order valence-electron chi connectivity index (χ3n) is 3.23. The van der Waals surface area contributed by atoms with Crippen molar-refractivity contribution in [2.45, 2.75) is 51.0 Å². The molecule has 0 radical (unpaired) electrons. The lowest BCUT2D eigenvalue weighted by atomic mass is 9.95. The fraction of sp³-hybridized carbons (Fsp3) is 0.917. The van der Waals surface area contributed by atoms with Crippen LogP contribution in [0.15, 0.2) is 0 Å². The summed E-state index contributed by atoms with van der Waals surface area (Å²) in [5, 5.41) is 2.82. The maximum absolute atomic E-state index is 11.7. The van der Waals surface area contributed by atoms with Crippen LogP contribution in [0.4, 0.5) is 0 Å². The van der Waals surface area contributed by atoms with E-state index in [1.54, 1.807) is 0 Å². The predicted octanol–water partition coefficient (Wildman–Crippen LogP) is 0.589. The number of carbonyl (C=O) groups excluding carboxylic acids is 1. The highest BCUT2D eigenvalue weighted by Gasteiger charge is 2.20. The zero-order chi connectivity index (χ0) is 13.4. The van der Waals surface area contributed by atoms with Gasteiger partial charge in [-0.1, -0.05) is 19.3 Å². The fourth-order valence-corrected chi connectivity index (χ4v) is 3.53. The number of hydrogen-bond acceptors (Lipinski definition) is 4. The van der Waals surface area contributed by atoms with E-state index in [2.05, 4.69) is 5.32 Å². The van der Waals surface area contributed by atoms with E-state index in [0.29, 0.717) is 19.4 Å². The third kappa shape index (κ3) is 6.35. The van der Waals surface area contributed by atoms with Gasteiger partial charge in [-0.2, -0.15) is 0 Å². The van der Waals surface area contributed by atoms with Gasteiger partial charge in [0, 0.05) is 6.04 Å². The predicted molar refractivity (Wildman–Crippen MR) is 72.0 cm³/mol. The molecule has 106 valence electrons. The molecule has 0 saturated heterocycles. The molecule has 5 nitrogen and oxygen atoms in total. The molecule has 1 aliphatic carbocycles. The van der Waals surface area contributed by atoms with Crippen LogP contribution in [0.3, 0.4) is 0 Å². The Morgan fingerprint density at radius 2 is 1.83 bits per heavy atom. The summed E-state index contributed by atoms with van der Waals surface area (Å²) in [7, 11) is -3.27. The highest BCUT2D eigenvalue weighted by atomic mass is 32.2. The van der Waals surface area contributed by atoms with E-state index in [0.717, 1.165) is 25.7 Å². The van der Waals surface area contributed by atoms with Gasteiger partial charge < -0.3 is 11.1 Å². The smallest absolute Gasteiger partial charge is 0.235 e. The van der Waals surface area contributed by atoms with Gasteiger partial charge in [0.1, 0.15) is 5.75 Å². The van der Waals surface area contributed by atoms with Crippen LogP contribution in [-0.4, -0.2) is 38.4 Å². The Labute approximate surface area is 109 Å². The van der Waals surface area contributed by atoms with Gasteiger partial charge in [-0.15, -0.1) is 0 Å². The number of nitrogens with one attached hydrogen (secondary N) is 1. The summed E-state index contributed by atoms with van der Waals surface area (Å²) in [5.74, 6) is -0.675. The van der Waals surface area contributed by atoms with Crippen LogP contribution in [0.25, 0.3) is 0 Å². The van der Waals surface area contributed by atoms with Gasteiger partial charge in [-0.05, 0) is 32.2 Å². The van der Waals surface area contributed by atoms with Crippen LogP contribution in [0.5, 0.6) is 0 Å². The summed E-state index contributed by atoms with van der Waals surface area (Å²) in [6.07, 6.45) is 6.61. The number of unbranched alkanes of at least 4 members (excludes halogenated alkanes) is 1.